The van der Waals surface area contributed by atoms with Crippen LogP contribution in [-0.4, -0.2) is 17.0 Å². The Morgan fingerprint density at radius 3 is 2.48 bits per heavy atom. The number of anilines is 1. The predicted molar refractivity (Wildman–Crippen MR) is 80.5 cm³/mol. The van der Waals surface area contributed by atoms with E-state index in [0.29, 0.717) is 4.47 Å². The molecule has 2 aromatic carbocycles. The van der Waals surface area contributed by atoms with Gasteiger partial charge in [0.05, 0.1) is 16.8 Å². The third kappa shape index (κ3) is 3.59. The molecule has 2 aromatic rings. The maximum atomic E-state index is 13.7. The molecule has 108 valence electrons. The van der Waals surface area contributed by atoms with Gasteiger partial charge in [0.25, 0.3) is 5.91 Å². The number of aromatic carboxylic acids is 1. The first-order valence-corrected chi connectivity index (χ1v) is 6.85. The molecule has 0 saturated heterocycles. The van der Waals surface area contributed by atoms with Crippen LogP contribution in [-0.2, 0) is 0 Å². The Kier molecular flexibility index (Phi) is 4.59. The van der Waals surface area contributed by atoms with Gasteiger partial charge in [0.1, 0.15) is 5.82 Å². The Hall–Kier alpha value is -1.92. The summed E-state index contributed by atoms with van der Waals surface area (Å²) in [7, 11) is 0. The zero-order valence-corrected chi connectivity index (χ0v) is 12.7. The van der Waals surface area contributed by atoms with Gasteiger partial charge in [-0.05, 0) is 36.4 Å². The summed E-state index contributed by atoms with van der Waals surface area (Å²) in [5.74, 6) is -2.74. The highest BCUT2D eigenvalue weighted by atomic mass is 79.9. The number of rotatable bonds is 3. The van der Waals surface area contributed by atoms with Crippen LogP contribution in [0.3, 0.4) is 0 Å². The van der Waals surface area contributed by atoms with Gasteiger partial charge in [-0.2, -0.15) is 0 Å². The first-order chi connectivity index (χ1) is 9.88. The molecule has 0 aromatic heterocycles. The lowest BCUT2D eigenvalue weighted by Gasteiger charge is -2.09. The van der Waals surface area contributed by atoms with Gasteiger partial charge in [0, 0.05) is 9.50 Å². The summed E-state index contributed by atoms with van der Waals surface area (Å²) in [6.07, 6.45) is 0. The van der Waals surface area contributed by atoms with Crippen LogP contribution in [0.15, 0.2) is 40.9 Å². The Morgan fingerprint density at radius 2 is 1.86 bits per heavy atom. The van der Waals surface area contributed by atoms with Crippen LogP contribution in [0.4, 0.5) is 10.1 Å². The van der Waals surface area contributed by atoms with E-state index in [4.69, 9.17) is 16.7 Å². The zero-order valence-electron chi connectivity index (χ0n) is 10.4. The van der Waals surface area contributed by atoms with Crippen molar-refractivity contribution >= 4 is 45.1 Å². The third-order valence-corrected chi connectivity index (χ3v) is 3.36. The number of halogens is 3. The van der Waals surface area contributed by atoms with E-state index < -0.39 is 17.7 Å². The summed E-state index contributed by atoms with van der Waals surface area (Å²) in [4.78, 5) is 23.1. The lowest BCUT2D eigenvalue weighted by molar-refractivity contribution is 0.0698. The Labute approximate surface area is 132 Å². The summed E-state index contributed by atoms with van der Waals surface area (Å²) in [5.41, 5.74) is -0.254. The van der Waals surface area contributed by atoms with Gasteiger partial charge in [-0.15, -0.1) is 0 Å². The molecular formula is C14H8BrClFNO3. The van der Waals surface area contributed by atoms with Gasteiger partial charge in [-0.1, -0.05) is 27.5 Å². The van der Waals surface area contributed by atoms with Gasteiger partial charge in [-0.3, -0.25) is 4.79 Å². The van der Waals surface area contributed by atoms with Crippen LogP contribution in [0.1, 0.15) is 20.7 Å². The van der Waals surface area contributed by atoms with Crippen molar-refractivity contribution in [1.82, 2.24) is 0 Å². The average molecular weight is 373 g/mol. The number of carboxylic acids is 1. The number of carbonyl (C=O) groups excluding carboxylic acids is 1. The van der Waals surface area contributed by atoms with Crippen LogP contribution in [0, 0.1) is 5.82 Å². The molecule has 0 unspecified atom stereocenters. The minimum absolute atomic E-state index is 0.0741. The van der Waals surface area contributed by atoms with E-state index in [9.17, 15) is 14.0 Å². The molecular weight excluding hydrogens is 365 g/mol. The highest BCUT2D eigenvalue weighted by Gasteiger charge is 2.16. The van der Waals surface area contributed by atoms with Gasteiger partial charge in [-0.25, -0.2) is 9.18 Å². The smallest absolute Gasteiger partial charge is 0.337 e. The highest BCUT2D eigenvalue weighted by molar-refractivity contribution is 9.10. The number of carbonyl (C=O) groups is 2. The van der Waals surface area contributed by atoms with E-state index in [2.05, 4.69) is 21.2 Å². The maximum absolute atomic E-state index is 13.7. The molecule has 0 aliphatic heterocycles. The molecule has 1 amide bonds. The number of amides is 1. The second kappa shape index (κ2) is 6.24. The largest absolute Gasteiger partial charge is 0.478 e. The molecule has 0 aliphatic rings. The highest BCUT2D eigenvalue weighted by Crippen LogP contribution is 2.22. The van der Waals surface area contributed by atoms with E-state index in [1.54, 1.807) is 6.07 Å². The van der Waals surface area contributed by atoms with Crippen molar-refractivity contribution < 1.29 is 19.1 Å². The van der Waals surface area contributed by atoms with E-state index in [1.807, 2.05) is 0 Å². The second-order valence-electron chi connectivity index (χ2n) is 4.07. The minimum Gasteiger partial charge on any atom is -0.478 e. The second-order valence-corrected chi connectivity index (χ2v) is 5.43. The first-order valence-electron chi connectivity index (χ1n) is 5.67. The molecule has 0 spiro atoms. The van der Waals surface area contributed by atoms with E-state index in [-0.39, 0.29) is 21.8 Å². The minimum atomic E-state index is -1.21. The van der Waals surface area contributed by atoms with Crippen LogP contribution in [0.25, 0.3) is 0 Å². The topological polar surface area (TPSA) is 66.4 Å². The summed E-state index contributed by atoms with van der Waals surface area (Å²) < 4.78 is 14.2. The van der Waals surface area contributed by atoms with Crippen molar-refractivity contribution in [2.24, 2.45) is 0 Å². The van der Waals surface area contributed by atoms with Crippen molar-refractivity contribution in [3.8, 4) is 0 Å². The average Bonchev–Trinajstić information content (AvgIpc) is 2.40. The fraction of sp³-hybridized carbons (Fsp3) is 0. The standard InChI is InChI=1S/C14H8BrClFNO3/c15-7-1-4-12(10(5-7)14(20)21)18-13(19)9-3-2-8(16)6-11(9)17/h1-6H,(H,18,19)(H,20,21). The first kappa shape index (κ1) is 15.5. The van der Waals surface area contributed by atoms with Gasteiger partial charge >= 0.3 is 5.97 Å². The molecule has 0 radical (unpaired) electrons. The summed E-state index contributed by atoms with van der Waals surface area (Å²) >= 11 is 8.76. The third-order valence-electron chi connectivity index (χ3n) is 2.64. The molecule has 0 bridgehead atoms. The lowest BCUT2D eigenvalue weighted by Crippen LogP contribution is -2.16. The monoisotopic (exact) mass is 371 g/mol. The molecule has 21 heavy (non-hydrogen) atoms. The molecule has 7 heteroatoms. The van der Waals surface area contributed by atoms with Crippen LogP contribution in [0.5, 0.6) is 0 Å². The fourth-order valence-electron chi connectivity index (χ4n) is 1.67. The van der Waals surface area contributed by atoms with Gasteiger partial charge < -0.3 is 10.4 Å². The molecule has 4 nitrogen and oxygen atoms in total. The molecule has 0 heterocycles. The molecule has 2 N–H and O–H groups in total. The van der Waals surface area contributed by atoms with E-state index in [1.165, 1.54) is 24.3 Å². The Balaban J connectivity index is 2.34. The summed E-state index contributed by atoms with van der Waals surface area (Å²) in [6, 6.07) is 7.94. The maximum Gasteiger partial charge on any atom is 0.337 e. The van der Waals surface area contributed by atoms with Crippen LogP contribution in [0.2, 0.25) is 5.02 Å². The number of nitrogens with one attached hydrogen (secondary N) is 1. The van der Waals surface area contributed by atoms with Gasteiger partial charge in [0.2, 0.25) is 0 Å². The van der Waals surface area contributed by atoms with Crippen molar-refractivity contribution in [3.05, 3.63) is 62.8 Å². The quantitative estimate of drug-likeness (QED) is 0.849. The van der Waals surface area contributed by atoms with Crippen molar-refractivity contribution in [2.75, 3.05) is 5.32 Å². The SMILES string of the molecule is O=C(Nc1ccc(Br)cc1C(=O)O)c1ccc(Cl)cc1F. The van der Waals surface area contributed by atoms with Crippen LogP contribution >= 0.6 is 27.5 Å². The molecule has 0 fully saturated rings. The molecule has 0 aliphatic carbocycles. The Bertz CT molecular complexity index is 736. The number of benzene rings is 2. The van der Waals surface area contributed by atoms with Crippen molar-refractivity contribution in [2.45, 2.75) is 0 Å². The van der Waals surface area contributed by atoms with Crippen LogP contribution < -0.4 is 5.32 Å². The normalized spacial score (nSPS) is 10.2. The summed E-state index contributed by atoms with van der Waals surface area (Å²) in [6.45, 7) is 0. The fourth-order valence-corrected chi connectivity index (χ4v) is 2.19. The number of hydrogen-bond acceptors (Lipinski definition) is 2. The van der Waals surface area contributed by atoms with Crippen molar-refractivity contribution in [1.29, 1.82) is 0 Å². The Morgan fingerprint density at radius 1 is 1.14 bits per heavy atom. The van der Waals surface area contributed by atoms with Crippen molar-refractivity contribution in [3.63, 3.8) is 0 Å². The van der Waals surface area contributed by atoms with Gasteiger partial charge in [0.15, 0.2) is 0 Å². The molecule has 2 rings (SSSR count). The molecule has 0 atom stereocenters. The lowest BCUT2D eigenvalue weighted by atomic mass is 10.1. The summed E-state index contributed by atoms with van der Waals surface area (Å²) in [5, 5.41) is 11.6. The van der Waals surface area contributed by atoms with E-state index >= 15 is 0 Å². The number of hydrogen-bond donors (Lipinski definition) is 2. The van der Waals surface area contributed by atoms with E-state index in [0.717, 1.165) is 6.07 Å². The molecule has 0 saturated carbocycles. The zero-order chi connectivity index (χ0) is 15.6. The number of carboxylic acid groups (broad SMARTS) is 1. The predicted octanol–water partition coefficient (Wildman–Crippen LogP) is 4.19.